The molecule has 0 N–H and O–H groups in total. The summed E-state index contributed by atoms with van der Waals surface area (Å²) < 4.78 is 5.75. The van der Waals surface area contributed by atoms with E-state index in [9.17, 15) is 4.79 Å². The van der Waals surface area contributed by atoms with Crippen LogP contribution in [0.2, 0.25) is 0 Å². The fourth-order valence-electron chi connectivity index (χ4n) is 3.60. The minimum Gasteiger partial charge on any atom is -0.377 e. The van der Waals surface area contributed by atoms with E-state index in [-0.39, 0.29) is 18.1 Å². The van der Waals surface area contributed by atoms with Gasteiger partial charge in [-0.05, 0) is 57.0 Å². The van der Waals surface area contributed by atoms with Crippen LogP contribution in [-0.4, -0.2) is 49.2 Å². The second-order valence-electron chi connectivity index (χ2n) is 6.17. The first kappa shape index (κ1) is 16.0. The van der Waals surface area contributed by atoms with Crippen LogP contribution in [0.4, 0.5) is 5.69 Å². The second kappa shape index (κ2) is 7.12. The molecule has 0 bridgehead atoms. The predicted octanol–water partition coefficient (Wildman–Crippen LogP) is 2.16. The molecule has 1 amide bonds. The van der Waals surface area contributed by atoms with Crippen LogP contribution in [0, 0.1) is 11.3 Å². The van der Waals surface area contributed by atoms with Crippen molar-refractivity contribution in [1.82, 2.24) is 4.90 Å². The Morgan fingerprint density at radius 3 is 2.74 bits per heavy atom. The Balaban J connectivity index is 1.67. The molecule has 122 valence electrons. The highest BCUT2D eigenvalue weighted by molar-refractivity contribution is 5.99. The minimum absolute atomic E-state index is 0.0334. The van der Waals surface area contributed by atoms with Crippen LogP contribution >= 0.6 is 0 Å². The fourth-order valence-corrected chi connectivity index (χ4v) is 3.60. The van der Waals surface area contributed by atoms with Crippen LogP contribution in [-0.2, 0) is 9.53 Å². The van der Waals surface area contributed by atoms with Gasteiger partial charge in [0.05, 0.1) is 23.8 Å². The number of carbonyl (C=O) groups excluding carboxylic acids is 1. The molecule has 0 aliphatic carbocycles. The maximum absolute atomic E-state index is 12.8. The zero-order chi connectivity index (χ0) is 16.2. The van der Waals surface area contributed by atoms with E-state index in [0.717, 1.165) is 51.2 Å². The Bertz CT molecular complexity index is 591. The fraction of sp³-hybridized carbons (Fsp3) is 0.556. The van der Waals surface area contributed by atoms with Crippen LogP contribution in [0.3, 0.4) is 0 Å². The van der Waals surface area contributed by atoms with Crippen LogP contribution in [0.15, 0.2) is 24.3 Å². The van der Waals surface area contributed by atoms with E-state index in [1.807, 2.05) is 24.0 Å². The van der Waals surface area contributed by atoms with E-state index < -0.39 is 0 Å². The van der Waals surface area contributed by atoms with Gasteiger partial charge in [-0.1, -0.05) is 0 Å². The van der Waals surface area contributed by atoms with Gasteiger partial charge in [-0.3, -0.25) is 9.69 Å². The summed E-state index contributed by atoms with van der Waals surface area (Å²) in [5, 5.41) is 8.88. The summed E-state index contributed by atoms with van der Waals surface area (Å²) in [5.41, 5.74) is 1.50. The number of anilines is 1. The van der Waals surface area contributed by atoms with E-state index in [4.69, 9.17) is 10.00 Å². The first-order chi connectivity index (χ1) is 11.2. The molecule has 2 saturated heterocycles. The van der Waals surface area contributed by atoms with Crippen molar-refractivity contribution in [3.05, 3.63) is 29.8 Å². The topological polar surface area (TPSA) is 56.6 Å². The summed E-state index contributed by atoms with van der Waals surface area (Å²) >= 11 is 0. The van der Waals surface area contributed by atoms with Gasteiger partial charge in [0.1, 0.15) is 0 Å². The van der Waals surface area contributed by atoms with Gasteiger partial charge in [-0.15, -0.1) is 0 Å². The summed E-state index contributed by atoms with van der Waals surface area (Å²) in [7, 11) is 0. The Morgan fingerprint density at radius 2 is 2.04 bits per heavy atom. The number of hydrogen-bond donors (Lipinski definition) is 0. The Labute approximate surface area is 137 Å². The van der Waals surface area contributed by atoms with Gasteiger partial charge in [0.25, 0.3) is 0 Å². The van der Waals surface area contributed by atoms with E-state index in [0.29, 0.717) is 5.56 Å². The number of amides is 1. The number of hydrogen-bond acceptors (Lipinski definition) is 4. The van der Waals surface area contributed by atoms with Crippen molar-refractivity contribution in [2.75, 3.05) is 31.1 Å². The summed E-state index contributed by atoms with van der Waals surface area (Å²) in [4.78, 5) is 16.9. The second-order valence-corrected chi connectivity index (χ2v) is 6.17. The molecular formula is C18H23N3O2. The number of benzene rings is 1. The summed E-state index contributed by atoms with van der Waals surface area (Å²) in [5.74, 6) is 0.173. The third-order valence-corrected chi connectivity index (χ3v) is 4.74. The average molecular weight is 313 g/mol. The lowest BCUT2D eigenvalue weighted by Gasteiger charge is -2.35. The molecule has 1 aromatic carbocycles. The van der Waals surface area contributed by atoms with E-state index in [1.54, 1.807) is 12.1 Å². The lowest BCUT2D eigenvalue weighted by atomic mass is 10.0. The lowest BCUT2D eigenvalue weighted by Crippen LogP contribution is -2.48. The van der Waals surface area contributed by atoms with Crippen molar-refractivity contribution in [1.29, 1.82) is 5.26 Å². The molecule has 23 heavy (non-hydrogen) atoms. The number of carbonyl (C=O) groups is 1. The molecule has 2 aliphatic heterocycles. The highest BCUT2D eigenvalue weighted by atomic mass is 16.5. The Kier molecular flexibility index (Phi) is 4.94. The highest BCUT2D eigenvalue weighted by Gasteiger charge is 2.38. The summed E-state index contributed by atoms with van der Waals surface area (Å²) in [6.45, 7) is 5.32. The van der Waals surface area contributed by atoms with Gasteiger partial charge in [0.2, 0.25) is 5.91 Å². The van der Waals surface area contributed by atoms with Gasteiger partial charge in [-0.25, -0.2) is 0 Å². The van der Waals surface area contributed by atoms with E-state index >= 15 is 0 Å². The van der Waals surface area contributed by atoms with Gasteiger partial charge in [-0.2, -0.15) is 5.26 Å². The summed E-state index contributed by atoms with van der Waals surface area (Å²) in [6.07, 6.45) is 3.29. The number of nitriles is 1. The van der Waals surface area contributed by atoms with Gasteiger partial charge >= 0.3 is 0 Å². The van der Waals surface area contributed by atoms with Gasteiger partial charge in [0, 0.05) is 25.4 Å². The van der Waals surface area contributed by atoms with Crippen LogP contribution in [0.25, 0.3) is 0 Å². The van der Waals surface area contributed by atoms with Crippen molar-refractivity contribution < 1.29 is 9.53 Å². The summed E-state index contributed by atoms with van der Waals surface area (Å²) in [6, 6.07) is 9.32. The molecule has 2 atom stereocenters. The van der Waals surface area contributed by atoms with Gasteiger partial charge in [0.15, 0.2) is 0 Å². The van der Waals surface area contributed by atoms with E-state index in [2.05, 4.69) is 11.0 Å². The van der Waals surface area contributed by atoms with Crippen molar-refractivity contribution >= 4 is 11.6 Å². The molecule has 0 spiro atoms. The zero-order valence-corrected chi connectivity index (χ0v) is 13.6. The zero-order valence-electron chi connectivity index (χ0n) is 13.6. The molecule has 2 unspecified atom stereocenters. The molecule has 5 nitrogen and oxygen atoms in total. The quantitative estimate of drug-likeness (QED) is 0.855. The molecule has 2 heterocycles. The number of piperidine rings is 1. The maximum Gasteiger partial charge on any atom is 0.244 e. The van der Waals surface area contributed by atoms with Gasteiger partial charge < -0.3 is 9.64 Å². The number of ether oxygens (including phenoxy) is 1. The first-order valence-electron chi connectivity index (χ1n) is 8.40. The molecule has 2 aliphatic rings. The van der Waals surface area contributed by atoms with Crippen molar-refractivity contribution in [2.24, 2.45) is 0 Å². The molecule has 1 aromatic rings. The molecule has 0 saturated carbocycles. The van der Waals surface area contributed by atoms with Crippen molar-refractivity contribution in [3.8, 4) is 6.07 Å². The average Bonchev–Trinajstić information content (AvgIpc) is 2.97. The maximum atomic E-state index is 12.8. The Hall–Kier alpha value is -1.90. The molecular weight excluding hydrogens is 290 g/mol. The van der Waals surface area contributed by atoms with Crippen molar-refractivity contribution in [3.63, 3.8) is 0 Å². The van der Waals surface area contributed by atoms with E-state index in [1.165, 1.54) is 0 Å². The molecule has 5 heteroatoms. The number of nitrogens with zero attached hydrogens (tertiary/aromatic N) is 3. The highest BCUT2D eigenvalue weighted by Crippen LogP contribution is 2.27. The van der Waals surface area contributed by atoms with Crippen LogP contribution in [0.5, 0.6) is 0 Å². The van der Waals surface area contributed by atoms with Crippen LogP contribution < -0.4 is 4.90 Å². The number of rotatable bonds is 4. The largest absolute Gasteiger partial charge is 0.377 e. The standard InChI is InChI=1S/C18H23N3O2/c1-2-23-16-4-3-10-20(13-16)17-9-11-21(18(17)22)15-7-5-14(12-19)6-8-15/h5-8,16-17H,2-4,9-11,13H2,1H3. The predicted molar refractivity (Wildman–Crippen MR) is 88.1 cm³/mol. The smallest absolute Gasteiger partial charge is 0.244 e. The monoisotopic (exact) mass is 313 g/mol. The minimum atomic E-state index is -0.0334. The number of likely N-dealkylation sites (tertiary alicyclic amines) is 1. The van der Waals surface area contributed by atoms with Crippen molar-refractivity contribution in [2.45, 2.75) is 38.3 Å². The third kappa shape index (κ3) is 3.39. The Morgan fingerprint density at radius 1 is 1.26 bits per heavy atom. The normalized spacial score (nSPS) is 25.6. The molecule has 2 fully saturated rings. The first-order valence-corrected chi connectivity index (χ1v) is 8.40. The molecule has 3 rings (SSSR count). The lowest BCUT2D eigenvalue weighted by molar-refractivity contribution is -0.123. The van der Waals surface area contributed by atoms with Crippen LogP contribution in [0.1, 0.15) is 31.7 Å². The third-order valence-electron chi connectivity index (χ3n) is 4.74. The SMILES string of the molecule is CCOC1CCCN(C2CCN(c3ccc(C#N)cc3)C2=O)C1. The molecule has 0 radical (unpaired) electrons. The molecule has 0 aromatic heterocycles.